The number of nitrogens with one attached hydrogen (secondary N) is 1. The van der Waals surface area contributed by atoms with E-state index >= 15 is 0 Å². The zero-order valence-corrected chi connectivity index (χ0v) is 17.7. The molecule has 2 aromatic carbocycles. The van der Waals surface area contributed by atoms with Gasteiger partial charge in [-0.05, 0) is 75.7 Å². The van der Waals surface area contributed by atoms with Gasteiger partial charge in [-0.1, -0.05) is 30.3 Å². The van der Waals surface area contributed by atoms with Crippen LogP contribution in [0.5, 0.6) is 0 Å². The van der Waals surface area contributed by atoms with Gasteiger partial charge in [-0.15, -0.1) is 0 Å². The molecule has 4 heteroatoms. The van der Waals surface area contributed by atoms with E-state index in [0.29, 0.717) is 6.04 Å². The molecule has 0 fully saturated rings. The zero-order valence-electron chi connectivity index (χ0n) is 16.9. The van der Waals surface area contributed by atoms with Gasteiger partial charge >= 0.3 is 0 Å². The van der Waals surface area contributed by atoms with Crippen LogP contribution in [0, 0.1) is 13.8 Å². The van der Waals surface area contributed by atoms with E-state index < -0.39 is 0 Å². The Hall–Kier alpha value is -2.33. The highest BCUT2D eigenvalue weighted by Gasteiger charge is 2.18. The lowest BCUT2D eigenvalue weighted by atomic mass is 10.1. The molecular formula is C23H29N3S. The summed E-state index contributed by atoms with van der Waals surface area (Å²) in [5.74, 6) is 0. The van der Waals surface area contributed by atoms with E-state index in [1.807, 2.05) is 0 Å². The minimum absolute atomic E-state index is 0.304. The average Bonchev–Trinajstić information content (AvgIpc) is 3.00. The third kappa shape index (κ3) is 4.16. The van der Waals surface area contributed by atoms with Crippen LogP contribution in [0.25, 0.3) is 10.9 Å². The molecule has 0 aliphatic heterocycles. The van der Waals surface area contributed by atoms with Crippen molar-refractivity contribution < 1.29 is 0 Å². The van der Waals surface area contributed by atoms with Crippen LogP contribution in [-0.4, -0.2) is 20.6 Å². The van der Waals surface area contributed by atoms with Gasteiger partial charge < -0.3 is 14.8 Å². The Labute approximate surface area is 168 Å². The predicted octanol–water partition coefficient (Wildman–Crippen LogP) is 5.89. The van der Waals surface area contributed by atoms with Crippen molar-refractivity contribution >= 4 is 33.9 Å². The molecule has 0 spiro atoms. The van der Waals surface area contributed by atoms with Crippen LogP contribution < -0.4 is 5.32 Å². The number of thiocarbonyl (C=S) groups is 1. The van der Waals surface area contributed by atoms with Gasteiger partial charge in [0.05, 0.1) is 0 Å². The van der Waals surface area contributed by atoms with Crippen LogP contribution in [-0.2, 0) is 13.1 Å². The topological polar surface area (TPSA) is 20.2 Å². The van der Waals surface area contributed by atoms with Gasteiger partial charge in [-0.25, -0.2) is 0 Å². The Morgan fingerprint density at radius 3 is 2.59 bits per heavy atom. The van der Waals surface area contributed by atoms with Crippen molar-refractivity contribution in [1.29, 1.82) is 0 Å². The van der Waals surface area contributed by atoms with Crippen LogP contribution in [0.1, 0.15) is 37.5 Å². The number of benzene rings is 2. The maximum absolute atomic E-state index is 5.80. The van der Waals surface area contributed by atoms with Crippen LogP contribution in [0.3, 0.4) is 0 Å². The molecule has 0 saturated heterocycles. The Kier molecular flexibility index (Phi) is 5.85. The minimum atomic E-state index is 0.304. The molecule has 0 aliphatic rings. The van der Waals surface area contributed by atoms with Gasteiger partial charge in [0.25, 0.3) is 0 Å². The summed E-state index contributed by atoms with van der Waals surface area (Å²) < 4.78 is 2.31. The van der Waals surface area contributed by atoms with Crippen molar-refractivity contribution in [3.05, 3.63) is 65.4 Å². The quantitative estimate of drug-likeness (QED) is 0.559. The first-order valence-corrected chi connectivity index (χ1v) is 10.0. The number of nitrogens with zero attached hydrogens (tertiary/aromatic N) is 2. The smallest absolute Gasteiger partial charge is 0.173 e. The Bertz CT molecular complexity index is 955. The molecule has 0 bridgehead atoms. The summed E-state index contributed by atoms with van der Waals surface area (Å²) in [5, 5.41) is 5.55. The van der Waals surface area contributed by atoms with Crippen LogP contribution in [0.15, 0.2) is 48.7 Å². The second kappa shape index (κ2) is 8.13. The SMILES string of the molecule is CCn1cc(CN(C(=S)Nc2cc(C)ccc2C)C(C)C)c2ccccc21. The number of hydrogen-bond donors (Lipinski definition) is 1. The first kappa shape index (κ1) is 19.4. The van der Waals surface area contributed by atoms with Gasteiger partial charge in [0.15, 0.2) is 5.11 Å². The molecule has 1 aromatic heterocycles. The van der Waals surface area contributed by atoms with Crippen molar-refractivity contribution in [1.82, 2.24) is 9.47 Å². The van der Waals surface area contributed by atoms with Gasteiger partial charge in [0.2, 0.25) is 0 Å². The van der Waals surface area contributed by atoms with E-state index in [0.717, 1.165) is 23.9 Å². The molecule has 0 radical (unpaired) electrons. The van der Waals surface area contributed by atoms with Crippen molar-refractivity contribution in [3.63, 3.8) is 0 Å². The first-order valence-electron chi connectivity index (χ1n) is 9.62. The minimum Gasteiger partial charge on any atom is -0.347 e. The van der Waals surface area contributed by atoms with E-state index in [1.54, 1.807) is 0 Å². The molecule has 0 aliphatic carbocycles. The molecule has 0 amide bonds. The molecule has 142 valence electrons. The van der Waals surface area contributed by atoms with Gasteiger partial charge in [-0.2, -0.15) is 0 Å². The first-order chi connectivity index (χ1) is 12.9. The van der Waals surface area contributed by atoms with Gasteiger partial charge in [0.1, 0.15) is 0 Å². The van der Waals surface area contributed by atoms with E-state index in [-0.39, 0.29) is 0 Å². The summed E-state index contributed by atoms with van der Waals surface area (Å²) in [6.45, 7) is 12.5. The fraction of sp³-hybridized carbons (Fsp3) is 0.348. The normalized spacial score (nSPS) is 11.2. The number of hydrogen-bond acceptors (Lipinski definition) is 1. The standard InChI is InChI=1S/C23H29N3S/c1-6-25-14-19(20-9-7-8-10-22(20)25)15-26(16(2)3)23(27)24-21-13-17(4)11-12-18(21)5/h7-14,16H,6,15H2,1-5H3,(H,24,27). The lowest BCUT2D eigenvalue weighted by Crippen LogP contribution is -2.39. The van der Waals surface area contributed by atoms with E-state index in [9.17, 15) is 0 Å². The molecular weight excluding hydrogens is 350 g/mol. The van der Waals surface area contributed by atoms with Crippen LogP contribution in [0.2, 0.25) is 0 Å². The van der Waals surface area contributed by atoms with E-state index in [2.05, 4.69) is 98.1 Å². The Morgan fingerprint density at radius 1 is 1.15 bits per heavy atom. The summed E-state index contributed by atoms with van der Waals surface area (Å²) in [7, 11) is 0. The van der Waals surface area contributed by atoms with E-state index in [4.69, 9.17) is 12.2 Å². The number of fused-ring (bicyclic) bond motifs is 1. The highest BCUT2D eigenvalue weighted by Crippen LogP contribution is 2.24. The van der Waals surface area contributed by atoms with Crippen molar-refractivity contribution in [2.45, 2.75) is 53.8 Å². The molecule has 3 nitrogen and oxygen atoms in total. The number of rotatable bonds is 5. The second-order valence-electron chi connectivity index (χ2n) is 7.43. The summed E-state index contributed by atoms with van der Waals surface area (Å²) in [6.07, 6.45) is 2.26. The lowest BCUT2D eigenvalue weighted by molar-refractivity contribution is 0.349. The van der Waals surface area contributed by atoms with Crippen molar-refractivity contribution in [3.8, 4) is 0 Å². The van der Waals surface area contributed by atoms with Crippen LogP contribution in [0.4, 0.5) is 5.69 Å². The Balaban J connectivity index is 1.88. The second-order valence-corrected chi connectivity index (χ2v) is 7.81. The zero-order chi connectivity index (χ0) is 19.6. The molecule has 1 N–H and O–H groups in total. The van der Waals surface area contributed by atoms with E-state index in [1.165, 1.54) is 27.6 Å². The summed E-state index contributed by atoms with van der Waals surface area (Å²) in [6, 6.07) is 15.3. The third-order valence-corrected chi connectivity index (χ3v) is 5.41. The molecule has 3 rings (SSSR count). The van der Waals surface area contributed by atoms with Crippen molar-refractivity contribution in [2.24, 2.45) is 0 Å². The highest BCUT2D eigenvalue weighted by molar-refractivity contribution is 7.80. The maximum atomic E-state index is 5.80. The molecule has 0 unspecified atom stereocenters. The molecule has 0 atom stereocenters. The molecule has 27 heavy (non-hydrogen) atoms. The molecule has 3 aromatic rings. The van der Waals surface area contributed by atoms with Crippen molar-refractivity contribution in [2.75, 3.05) is 5.32 Å². The van der Waals surface area contributed by atoms with Crippen LogP contribution >= 0.6 is 12.2 Å². The molecule has 1 heterocycles. The summed E-state index contributed by atoms with van der Waals surface area (Å²) >= 11 is 5.80. The highest BCUT2D eigenvalue weighted by atomic mass is 32.1. The largest absolute Gasteiger partial charge is 0.347 e. The molecule has 0 saturated carbocycles. The average molecular weight is 380 g/mol. The fourth-order valence-corrected chi connectivity index (χ4v) is 3.83. The number of aryl methyl sites for hydroxylation is 3. The summed E-state index contributed by atoms with van der Waals surface area (Å²) in [4.78, 5) is 2.26. The monoisotopic (exact) mass is 379 g/mol. The van der Waals surface area contributed by atoms with Gasteiger partial charge in [0, 0.05) is 41.9 Å². The maximum Gasteiger partial charge on any atom is 0.173 e. The number of para-hydroxylation sites is 1. The predicted molar refractivity (Wildman–Crippen MR) is 120 cm³/mol. The summed E-state index contributed by atoms with van der Waals surface area (Å²) in [5.41, 5.74) is 6.11. The Morgan fingerprint density at radius 2 is 1.89 bits per heavy atom. The number of aromatic nitrogens is 1. The van der Waals surface area contributed by atoms with Gasteiger partial charge in [-0.3, -0.25) is 0 Å². The number of anilines is 1. The lowest BCUT2D eigenvalue weighted by Gasteiger charge is -2.30. The fourth-order valence-electron chi connectivity index (χ4n) is 3.44. The third-order valence-electron chi connectivity index (χ3n) is 5.07.